The molecular formula is C16H15IN2O. The van der Waals surface area contributed by atoms with Gasteiger partial charge in [-0.3, -0.25) is 4.79 Å². The van der Waals surface area contributed by atoms with Gasteiger partial charge in [-0.1, -0.05) is 30.3 Å². The molecule has 3 nitrogen and oxygen atoms in total. The number of amides is 1. The molecule has 0 fully saturated rings. The molecule has 3 rings (SSSR count). The maximum atomic E-state index is 11.4. The Morgan fingerprint density at radius 3 is 2.80 bits per heavy atom. The van der Waals surface area contributed by atoms with Crippen LogP contribution in [-0.2, 0) is 11.2 Å². The molecule has 0 spiro atoms. The normalized spacial score (nSPS) is 14.8. The smallest absolute Gasteiger partial charge is 0.228 e. The summed E-state index contributed by atoms with van der Waals surface area (Å²) < 4.78 is 1.24. The molecule has 0 saturated heterocycles. The van der Waals surface area contributed by atoms with Gasteiger partial charge in [0.05, 0.1) is 12.5 Å². The molecule has 2 aromatic rings. The molecule has 1 atom stereocenters. The third-order valence-electron chi connectivity index (χ3n) is 3.59. The third-order valence-corrected chi connectivity index (χ3v) is 4.58. The van der Waals surface area contributed by atoms with Crippen LogP contribution in [-0.4, -0.2) is 13.0 Å². The minimum Gasteiger partial charge on any atom is -0.326 e. The van der Waals surface area contributed by atoms with Crippen molar-refractivity contribution in [2.24, 2.45) is 0 Å². The summed E-state index contributed by atoms with van der Waals surface area (Å²) in [6.45, 7) is 0. The number of carbonyl (C=O) groups is 1. The number of carbonyl (C=O) groups excluding carboxylic acids is 1. The molecule has 20 heavy (non-hydrogen) atoms. The van der Waals surface area contributed by atoms with Gasteiger partial charge in [-0.2, -0.15) is 0 Å². The van der Waals surface area contributed by atoms with Crippen molar-refractivity contribution < 1.29 is 4.79 Å². The molecule has 0 aromatic heterocycles. The van der Waals surface area contributed by atoms with E-state index in [1.165, 1.54) is 14.7 Å². The number of anilines is 1. The van der Waals surface area contributed by atoms with Crippen LogP contribution in [0.5, 0.6) is 0 Å². The van der Waals surface area contributed by atoms with Gasteiger partial charge >= 0.3 is 0 Å². The average molecular weight is 378 g/mol. The first-order valence-electron chi connectivity index (χ1n) is 6.53. The molecule has 0 aliphatic carbocycles. The molecule has 1 aliphatic heterocycles. The van der Waals surface area contributed by atoms with Crippen LogP contribution in [0.1, 0.15) is 22.7 Å². The minimum atomic E-state index is 0.0763. The molecule has 0 saturated carbocycles. The number of nitrogens with one attached hydrogen (secondary N) is 2. The number of hydrogen-bond acceptors (Lipinski definition) is 2. The van der Waals surface area contributed by atoms with Crippen LogP contribution in [0.2, 0.25) is 0 Å². The Morgan fingerprint density at radius 2 is 2.05 bits per heavy atom. The molecule has 1 heterocycles. The Labute approximate surface area is 131 Å². The molecule has 1 unspecified atom stereocenters. The number of benzene rings is 2. The van der Waals surface area contributed by atoms with Crippen molar-refractivity contribution in [1.82, 2.24) is 5.32 Å². The van der Waals surface area contributed by atoms with E-state index in [0.717, 1.165) is 11.3 Å². The Hall–Kier alpha value is -1.40. The highest BCUT2D eigenvalue weighted by atomic mass is 127. The summed E-state index contributed by atoms with van der Waals surface area (Å²) in [5.74, 6) is 0.0763. The number of rotatable bonds is 3. The second-order valence-corrected chi connectivity index (χ2v) is 6.05. The van der Waals surface area contributed by atoms with E-state index in [1.807, 2.05) is 19.2 Å². The predicted octanol–water partition coefficient (Wildman–Crippen LogP) is 3.09. The summed E-state index contributed by atoms with van der Waals surface area (Å²) >= 11 is 2.36. The molecular weight excluding hydrogens is 363 g/mol. The molecule has 1 amide bonds. The van der Waals surface area contributed by atoms with E-state index in [2.05, 4.69) is 63.6 Å². The second-order valence-electron chi connectivity index (χ2n) is 4.88. The molecule has 0 radical (unpaired) electrons. The lowest BCUT2D eigenvalue weighted by Crippen LogP contribution is -2.18. The molecule has 0 bridgehead atoms. The van der Waals surface area contributed by atoms with E-state index in [0.29, 0.717) is 6.42 Å². The van der Waals surface area contributed by atoms with Gasteiger partial charge in [-0.25, -0.2) is 0 Å². The van der Waals surface area contributed by atoms with Crippen molar-refractivity contribution in [1.29, 1.82) is 0 Å². The first-order chi connectivity index (χ1) is 9.69. The predicted molar refractivity (Wildman–Crippen MR) is 88.8 cm³/mol. The summed E-state index contributed by atoms with van der Waals surface area (Å²) in [5, 5.41) is 6.24. The fraction of sp³-hybridized carbons (Fsp3) is 0.188. The van der Waals surface area contributed by atoms with Gasteiger partial charge in [-0.15, -0.1) is 0 Å². The number of hydrogen-bond donors (Lipinski definition) is 2. The molecule has 4 heteroatoms. The lowest BCUT2D eigenvalue weighted by Gasteiger charge is -2.19. The summed E-state index contributed by atoms with van der Waals surface area (Å²) in [7, 11) is 1.96. The van der Waals surface area contributed by atoms with Crippen LogP contribution in [0.3, 0.4) is 0 Å². The maximum Gasteiger partial charge on any atom is 0.228 e. The van der Waals surface area contributed by atoms with Gasteiger partial charge in [0.1, 0.15) is 0 Å². The van der Waals surface area contributed by atoms with Crippen LogP contribution in [0.4, 0.5) is 5.69 Å². The Kier molecular flexibility index (Phi) is 3.76. The van der Waals surface area contributed by atoms with Crippen molar-refractivity contribution in [2.75, 3.05) is 12.4 Å². The van der Waals surface area contributed by atoms with Crippen LogP contribution in [0.15, 0.2) is 42.5 Å². The van der Waals surface area contributed by atoms with Crippen LogP contribution < -0.4 is 10.6 Å². The summed E-state index contributed by atoms with van der Waals surface area (Å²) in [6.07, 6.45) is 0.478. The van der Waals surface area contributed by atoms with Gasteiger partial charge in [0.15, 0.2) is 0 Å². The zero-order chi connectivity index (χ0) is 14.1. The van der Waals surface area contributed by atoms with Gasteiger partial charge in [0, 0.05) is 9.26 Å². The van der Waals surface area contributed by atoms with Crippen molar-refractivity contribution in [3.63, 3.8) is 0 Å². The monoisotopic (exact) mass is 378 g/mol. The van der Waals surface area contributed by atoms with E-state index < -0.39 is 0 Å². The van der Waals surface area contributed by atoms with Gasteiger partial charge in [-0.05, 0) is 58.5 Å². The molecule has 1 aliphatic rings. The van der Waals surface area contributed by atoms with Crippen LogP contribution in [0, 0.1) is 3.57 Å². The van der Waals surface area contributed by atoms with Crippen molar-refractivity contribution >= 4 is 34.2 Å². The largest absolute Gasteiger partial charge is 0.326 e. The summed E-state index contributed by atoms with van der Waals surface area (Å²) in [6, 6.07) is 14.7. The van der Waals surface area contributed by atoms with E-state index in [9.17, 15) is 4.79 Å². The Balaban J connectivity index is 2.01. The lowest BCUT2D eigenvalue weighted by molar-refractivity contribution is -0.115. The van der Waals surface area contributed by atoms with Crippen LogP contribution >= 0.6 is 22.6 Å². The second kappa shape index (κ2) is 5.54. The molecule has 2 aromatic carbocycles. The van der Waals surface area contributed by atoms with Crippen molar-refractivity contribution in [3.05, 3.63) is 62.7 Å². The van der Waals surface area contributed by atoms with Crippen molar-refractivity contribution in [2.45, 2.75) is 12.5 Å². The molecule has 2 N–H and O–H groups in total. The van der Waals surface area contributed by atoms with E-state index in [1.54, 1.807) is 0 Å². The lowest BCUT2D eigenvalue weighted by atomic mass is 9.96. The number of halogens is 1. The number of fused-ring (bicyclic) bond motifs is 1. The topological polar surface area (TPSA) is 41.1 Å². The highest BCUT2D eigenvalue weighted by Crippen LogP contribution is 2.30. The SMILES string of the molecule is CNC(c1ccc2c(c1)CC(=O)N2)c1ccccc1I. The highest BCUT2D eigenvalue weighted by Gasteiger charge is 2.21. The standard InChI is InChI=1S/C16H15IN2O/c1-18-16(12-4-2-3-5-13(12)17)10-6-7-14-11(8-10)9-15(20)19-14/h2-8,16,18H,9H2,1H3,(H,19,20). The van der Waals surface area contributed by atoms with Gasteiger partial charge < -0.3 is 10.6 Å². The zero-order valence-corrected chi connectivity index (χ0v) is 13.3. The Bertz CT molecular complexity index is 669. The highest BCUT2D eigenvalue weighted by molar-refractivity contribution is 14.1. The van der Waals surface area contributed by atoms with Gasteiger partial charge in [0.25, 0.3) is 0 Å². The Morgan fingerprint density at radius 1 is 1.25 bits per heavy atom. The third kappa shape index (κ3) is 2.45. The summed E-state index contributed by atoms with van der Waals surface area (Å²) in [5.41, 5.74) is 4.47. The average Bonchev–Trinajstić information content (AvgIpc) is 2.81. The fourth-order valence-electron chi connectivity index (χ4n) is 2.64. The van der Waals surface area contributed by atoms with E-state index in [-0.39, 0.29) is 11.9 Å². The fourth-order valence-corrected chi connectivity index (χ4v) is 3.34. The minimum absolute atomic E-state index is 0.0763. The maximum absolute atomic E-state index is 11.4. The van der Waals surface area contributed by atoms with Gasteiger partial charge in [0.2, 0.25) is 5.91 Å². The quantitative estimate of drug-likeness (QED) is 0.807. The molecule has 102 valence electrons. The van der Waals surface area contributed by atoms with E-state index in [4.69, 9.17) is 0 Å². The van der Waals surface area contributed by atoms with Crippen LogP contribution in [0.25, 0.3) is 0 Å². The first-order valence-corrected chi connectivity index (χ1v) is 7.61. The van der Waals surface area contributed by atoms with Crippen molar-refractivity contribution in [3.8, 4) is 0 Å². The zero-order valence-electron chi connectivity index (χ0n) is 11.1. The first kappa shape index (κ1) is 13.6. The van der Waals surface area contributed by atoms with E-state index >= 15 is 0 Å². The summed E-state index contributed by atoms with van der Waals surface area (Å²) in [4.78, 5) is 11.4.